The zero-order chi connectivity index (χ0) is 17.2. The van der Waals surface area contributed by atoms with E-state index in [1.54, 1.807) is 29.3 Å². The third-order valence-corrected chi connectivity index (χ3v) is 4.19. The molecule has 1 unspecified atom stereocenters. The third kappa shape index (κ3) is 3.26. The number of aromatic nitrogens is 3. The van der Waals surface area contributed by atoms with E-state index < -0.39 is 0 Å². The highest BCUT2D eigenvalue weighted by molar-refractivity contribution is 5.79. The van der Waals surface area contributed by atoms with E-state index in [4.69, 9.17) is 4.52 Å². The van der Waals surface area contributed by atoms with E-state index in [-0.39, 0.29) is 17.6 Å². The summed E-state index contributed by atoms with van der Waals surface area (Å²) in [6, 6.07) is 11.6. The zero-order valence-electron chi connectivity index (χ0n) is 13.3. The SMILES string of the molecule is O=C1CC(c2nc(-c3ccccn3)no2)CN1Cc1ccc(F)cc1. The first-order valence-electron chi connectivity index (χ1n) is 7.96. The standard InChI is InChI=1S/C18H15FN4O2/c19-14-6-4-12(5-7-14)10-23-11-13(9-16(23)24)18-21-17(22-25-18)15-3-1-2-8-20-15/h1-8,13H,9-11H2. The van der Waals surface area contributed by atoms with Crippen LogP contribution in [0.25, 0.3) is 11.5 Å². The van der Waals surface area contributed by atoms with Gasteiger partial charge in [-0.15, -0.1) is 0 Å². The molecule has 6 nitrogen and oxygen atoms in total. The number of pyridine rings is 1. The second kappa shape index (κ2) is 6.43. The molecule has 126 valence electrons. The summed E-state index contributed by atoms with van der Waals surface area (Å²) in [5.41, 5.74) is 1.51. The molecule has 7 heteroatoms. The summed E-state index contributed by atoms with van der Waals surface area (Å²) in [4.78, 5) is 22.6. The summed E-state index contributed by atoms with van der Waals surface area (Å²) in [7, 11) is 0. The molecule has 0 aliphatic carbocycles. The van der Waals surface area contributed by atoms with Gasteiger partial charge in [0.15, 0.2) is 0 Å². The fourth-order valence-electron chi connectivity index (χ4n) is 2.90. The molecule has 1 fully saturated rings. The number of hydrogen-bond acceptors (Lipinski definition) is 5. The van der Waals surface area contributed by atoms with Crippen molar-refractivity contribution in [3.8, 4) is 11.5 Å². The second-order valence-electron chi connectivity index (χ2n) is 5.97. The number of carbonyl (C=O) groups is 1. The van der Waals surface area contributed by atoms with Crippen molar-refractivity contribution in [2.45, 2.75) is 18.9 Å². The molecule has 0 saturated carbocycles. The van der Waals surface area contributed by atoms with Crippen LogP contribution in [0.1, 0.15) is 23.8 Å². The Labute approximate surface area is 143 Å². The van der Waals surface area contributed by atoms with Gasteiger partial charge in [-0.3, -0.25) is 9.78 Å². The quantitative estimate of drug-likeness (QED) is 0.731. The Kier molecular flexibility index (Phi) is 3.97. The van der Waals surface area contributed by atoms with Crippen LogP contribution in [0.3, 0.4) is 0 Å². The number of halogens is 1. The van der Waals surface area contributed by atoms with Crippen LogP contribution in [0.4, 0.5) is 4.39 Å². The molecule has 1 aliphatic rings. The van der Waals surface area contributed by atoms with E-state index in [0.29, 0.717) is 36.9 Å². The predicted octanol–water partition coefficient (Wildman–Crippen LogP) is 2.79. The van der Waals surface area contributed by atoms with Gasteiger partial charge in [0.1, 0.15) is 11.5 Å². The van der Waals surface area contributed by atoms with E-state index in [1.807, 2.05) is 12.1 Å². The Bertz CT molecular complexity index is 880. The van der Waals surface area contributed by atoms with Gasteiger partial charge in [0.25, 0.3) is 0 Å². The number of likely N-dealkylation sites (tertiary alicyclic amines) is 1. The second-order valence-corrected chi connectivity index (χ2v) is 5.97. The smallest absolute Gasteiger partial charge is 0.232 e. The molecule has 1 amide bonds. The first kappa shape index (κ1) is 15.4. The first-order valence-corrected chi connectivity index (χ1v) is 7.96. The van der Waals surface area contributed by atoms with Gasteiger partial charge in [-0.2, -0.15) is 4.98 Å². The molecule has 0 N–H and O–H groups in total. The molecule has 2 aromatic heterocycles. The molecular formula is C18H15FN4O2. The average molecular weight is 338 g/mol. The van der Waals surface area contributed by atoms with Crippen molar-refractivity contribution in [1.29, 1.82) is 0 Å². The van der Waals surface area contributed by atoms with Gasteiger partial charge in [-0.1, -0.05) is 23.4 Å². The molecule has 4 rings (SSSR count). The van der Waals surface area contributed by atoms with E-state index in [1.165, 1.54) is 12.1 Å². The minimum absolute atomic E-state index is 0.0203. The van der Waals surface area contributed by atoms with E-state index in [0.717, 1.165) is 5.56 Å². The molecule has 1 saturated heterocycles. The Morgan fingerprint density at radius 2 is 2.04 bits per heavy atom. The van der Waals surface area contributed by atoms with Crippen molar-refractivity contribution in [3.63, 3.8) is 0 Å². The monoisotopic (exact) mass is 338 g/mol. The highest BCUT2D eigenvalue weighted by atomic mass is 19.1. The van der Waals surface area contributed by atoms with Gasteiger partial charge >= 0.3 is 0 Å². The first-order chi connectivity index (χ1) is 12.2. The van der Waals surface area contributed by atoms with Crippen molar-refractivity contribution in [2.75, 3.05) is 6.54 Å². The van der Waals surface area contributed by atoms with Crippen LogP contribution in [-0.2, 0) is 11.3 Å². The fraction of sp³-hybridized carbons (Fsp3) is 0.222. The lowest BCUT2D eigenvalue weighted by atomic mass is 10.1. The number of hydrogen-bond donors (Lipinski definition) is 0. The Balaban J connectivity index is 1.47. The highest BCUT2D eigenvalue weighted by Gasteiger charge is 2.34. The summed E-state index contributed by atoms with van der Waals surface area (Å²) in [5, 5.41) is 3.95. The summed E-state index contributed by atoms with van der Waals surface area (Å²) < 4.78 is 18.3. The Morgan fingerprint density at radius 1 is 1.20 bits per heavy atom. The van der Waals surface area contributed by atoms with Gasteiger partial charge in [0.2, 0.25) is 17.6 Å². The minimum Gasteiger partial charge on any atom is -0.339 e. The van der Waals surface area contributed by atoms with Gasteiger partial charge in [0, 0.05) is 25.7 Å². The topological polar surface area (TPSA) is 72.1 Å². The van der Waals surface area contributed by atoms with Crippen LogP contribution in [0, 0.1) is 5.82 Å². The molecule has 1 aromatic carbocycles. The van der Waals surface area contributed by atoms with Crippen LogP contribution in [0.2, 0.25) is 0 Å². The van der Waals surface area contributed by atoms with E-state index in [9.17, 15) is 9.18 Å². The molecule has 3 aromatic rings. The summed E-state index contributed by atoms with van der Waals surface area (Å²) in [6.45, 7) is 0.941. The molecule has 0 spiro atoms. The van der Waals surface area contributed by atoms with Crippen LogP contribution >= 0.6 is 0 Å². The lowest BCUT2D eigenvalue weighted by Crippen LogP contribution is -2.24. The van der Waals surface area contributed by atoms with Gasteiger partial charge in [-0.05, 0) is 29.8 Å². The molecule has 1 aliphatic heterocycles. The van der Waals surface area contributed by atoms with Crippen molar-refractivity contribution >= 4 is 5.91 Å². The molecule has 1 atom stereocenters. The Hall–Kier alpha value is -3.09. The maximum Gasteiger partial charge on any atom is 0.232 e. The van der Waals surface area contributed by atoms with Gasteiger partial charge in [0.05, 0.1) is 5.92 Å². The number of nitrogens with zero attached hydrogens (tertiary/aromatic N) is 4. The normalized spacial score (nSPS) is 17.2. The zero-order valence-corrected chi connectivity index (χ0v) is 13.3. The maximum atomic E-state index is 13.0. The number of amides is 1. The van der Waals surface area contributed by atoms with E-state index in [2.05, 4.69) is 15.1 Å². The molecule has 0 radical (unpaired) electrons. The van der Waals surface area contributed by atoms with Gasteiger partial charge in [-0.25, -0.2) is 4.39 Å². The third-order valence-electron chi connectivity index (χ3n) is 4.19. The average Bonchev–Trinajstić information content (AvgIpc) is 3.25. The molecule has 3 heterocycles. The van der Waals surface area contributed by atoms with Crippen LogP contribution in [0.15, 0.2) is 53.2 Å². The van der Waals surface area contributed by atoms with Crippen LogP contribution in [-0.4, -0.2) is 32.5 Å². The molecule has 0 bridgehead atoms. The molecule has 25 heavy (non-hydrogen) atoms. The fourth-order valence-corrected chi connectivity index (χ4v) is 2.90. The van der Waals surface area contributed by atoms with Crippen molar-refractivity contribution in [3.05, 3.63) is 65.9 Å². The number of rotatable bonds is 4. The van der Waals surface area contributed by atoms with Crippen molar-refractivity contribution < 1.29 is 13.7 Å². The Morgan fingerprint density at radius 3 is 2.80 bits per heavy atom. The summed E-state index contributed by atoms with van der Waals surface area (Å²) in [6.07, 6.45) is 1.99. The number of carbonyl (C=O) groups excluding carboxylic acids is 1. The lowest BCUT2D eigenvalue weighted by Gasteiger charge is -2.15. The number of benzene rings is 1. The van der Waals surface area contributed by atoms with Crippen LogP contribution < -0.4 is 0 Å². The predicted molar refractivity (Wildman–Crippen MR) is 86.7 cm³/mol. The van der Waals surface area contributed by atoms with Crippen molar-refractivity contribution in [1.82, 2.24) is 20.0 Å². The summed E-state index contributed by atoms with van der Waals surface area (Å²) in [5.74, 6) is 0.447. The minimum atomic E-state index is -0.290. The molecular weight excluding hydrogens is 323 g/mol. The van der Waals surface area contributed by atoms with Crippen LogP contribution in [0.5, 0.6) is 0 Å². The van der Waals surface area contributed by atoms with Crippen molar-refractivity contribution in [2.24, 2.45) is 0 Å². The maximum absolute atomic E-state index is 13.0. The highest BCUT2D eigenvalue weighted by Crippen LogP contribution is 2.29. The van der Waals surface area contributed by atoms with Gasteiger partial charge < -0.3 is 9.42 Å². The van der Waals surface area contributed by atoms with E-state index >= 15 is 0 Å². The largest absolute Gasteiger partial charge is 0.339 e. The summed E-state index contributed by atoms with van der Waals surface area (Å²) >= 11 is 0. The lowest BCUT2D eigenvalue weighted by molar-refractivity contribution is -0.128.